The fourth-order valence-corrected chi connectivity index (χ4v) is 1.53. The zero-order valence-electron chi connectivity index (χ0n) is 6.77. The van der Waals surface area contributed by atoms with Crippen LogP contribution in [0, 0.1) is 0 Å². The number of carbonyl (C=O) groups is 1. The maximum Gasteiger partial charge on any atom is 0.201 e. The predicted octanol–water partition coefficient (Wildman–Crippen LogP) is 2.87. The standard InChI is InChI=1S/C7H13IOS/c1-5(8)6(9)10-7(2,3)4/h5H,1-4H3. The zero-order chi connectivity index (χ0) is 8.36. The van der Waals surface area contributed by atoms with Crippen LogP contribution in [-0.4, -0.2) is 13.8 Å². The monoisotopic (exact) mass is 272 g/mol. The maximum absolute atomic E-state index is 11.1. The van der Waals surface area contributed by atoms with Crippen LogP contribution in [0.25, 0.3) is 0 Å². The minimum atomic E-state index is 0.0660. The molecule has 0 spiro atoms. The van der Waals surface area contributed by atoms with Crippen molar-refractivity contribution in [1.29, 1.82) is 0 Å². The van der Waals surface area contributed by atoms with E-state index in [4.69, 9.17) is 0 Å². The Kier molecular flexibility index (Phi) is 4.24. The Bertz CT molecular complexity index is 126. The SMILES string of the molecule is CC(I)C(=O)SC(C)(C)C. The molecule has 0 aliphatic heterocycles. The fourth-order valence-electron chi connectivity index (χ4n) is 0.383. The first kappa shape index (κ1) is 10.8. The van der Waals surface area contributed by atoms with Gasteiger partial charge in [-0.3, -0.25) is 4.79 Å². The summed E-state index contributed by atoms with van der Waals surface area (Å²) in [7, 11) is 0. The number of alkyl halides is 1. The molecule has 10 heavy (non-hydrogen) atoms. The lowest BCUT2D eigenvalue weighted by molar-refractivity contribution is -0.110. The van der Waals surface area contributed by atoms with E-state index in [0.717, 1.165) is 0 Å². The van der Waals surface area contributed by atoms with E-state index in [9.17, 15) is 4.79 Å². The molecule has 1 nitrogen and oxygen atoms in total. The Hall–Kier alpha value is 0.750. The molecule has 60 valence electrons. The molecule has 0 aromatic rings. The quantitative estimate of drug-likeness (QED) is 0.539. The lowest BCUT2D eigenvalue weighted by Crippen LogP contribution is -2.16. The second kappa shape index (κ2) is 3.95. The van der Waals surface area contributed by atoms with Gasteiger partial charge < -0.3 is 0 Å². The van der Waals surface area contributed by atoms with E-state index in [-0.39, 0.29) is 13.8 Å². The molecule has 0 N–H and O–H groups in total. The van der Waals surface area contributed by atoms with Crippen LogP contribution >= 0.6 is 34.4 Å². The van der Waals surface area contributed by atoms with Gasteiger partial charge in [-0.1, -0.05) is 55.1 Å². The normalized spacial score (nSPS) is 14.9. The molecule has 0 heterocycles. The van der Waals surface area contributed by atoms with Gasteiger partial charge >= 0.3 is 0 Å². The highest BCUT2D eigenvalue weighted by Crippen LogP contribution is 2.26. The lowest BCUT2D eigenvalue weighted by atomic mass is 10.3. The lowest BCUT2D eigenvalue weighted by Gasteiger charge is -2.16. The van der Waals surface area contributed by atoms with Gasteiger partial charge in [-0.05, 0) is 6.92 Å². The van der Waals surface area contributed by atoms with E-state index < -0.39 is 0 Å². The Morgan fingerprint density at radius 3 is 2.00 bits per heavy atom. The van der Waals surface area contributed by atoms with Crippen molar-refractivity contribution in [1.82, 2.24) is 0 Å². The van der Waals surface area contributed by atoms with Gasteiger partial charge in [-0.25, -0.2) is 0 Å². The molecule has 0 fully saturated rings. The van der Waals surface area contributed by atoms with Crippen LogP contribution in [0.3, 0.4) is 0 Å². The molecule has 0 radical (unpaired) electrons. The first-order valence-electron chi connectivity index (χ1n) is 3.20. The summed E-state index contributed by atoms with van der Waals surface area (Å²) < 4.78 is 0.193. The van der Waals surface area contributed by atoms with Crippen molar-refractivity contribution in [2.24, 2.45) is 0 Å². The van der Waals surface area contributed by atoms with Crippen molar-refractivity contribution in [2.75, 3.05) is 0 Å². The number of thioether (sulfide) groups is 1. The van der Waals surface area contributed by atoms with Gasteiger partial charge in [-0.2, -0.15) is 0 Å². The zero-order valence-corrected chi connectivity index (χ0v) is 9.75. The summed E-state index contributed by atoms with van der Waals surface area (Å²) in [5.41, 5.74) is 0. The molecule has 1 atom stereocenters. The van der Waals surface area contributed by atoms with E-state index in [1.807, 2.05) is 6.92 Å². The van der Waals surface area contributed by atoms with E-state index in [0.29, 0.717) is 0 Å². The molecule has 1 unspecified atom stereocenters. The average molecular weight is 272 g/mol. The molecule has 0 aromatic heterocycles. The Morgan fingerprint density at radius 1 is 1.50 bits per heavy atom. The smallest absolute Gasteiger partial charge is 0.201 e. The molecule has 0 rings (SSSR count). The van der Waals surface area contributed by atoms with Gasteiger partial charge in [0.1, 0.15) is 0 Å². The minimum Gasteiger partial charge on any atom is -0.286 e. The molecule has 0 saturated carbocycles. The predicted molar refractivity (Wildman–Crippen MR) is 55.8 cm³/mol. The second-order valence-corrected chi connectivity index (χ2v) is 6.85. The molecular formula is C7H13IOS. The van der Waals surface area contributed by atoms with Crippen LogP contribution in [-0.2, 0) is 4.79 Å². The molecule has 0 saturated heterocycles. The van der Waals surface area contributed by atoms with Crippen molar-refractivity contribution >= 4 is 39.5 Å². The van der Waals surface area contributed by atoms with Crippen LogP contribution < -0.4 is 0 Å². The Morgan fingerprint density at radius 2 is 1.90 bits per heavy atom. The summed E-state index contributed by atoms with van der Waals surface area (Å²) in [5, 5.41) is 0.271. The first-order chi connectivity index (χ1) is 4.33. The number of hydrogen-bond acceptors (Lipinski definition) is 2. The van der Waals surface area contributed by atoms with E-state index in [1.54, 1.807) is 0 Å². The van der Waals surface area contributed by atoms with Crippen molar-refractivity contribution in [3.8, 4) is 0 Å². The summed E-state index contributed by atoms with van der Waals surface area (Å²) >= 11 is 3.56. The second-order valence-electron chi connectivity index (χ2n) is 3.15. The van der Waals surface area contributed by atoms with Gasteiger partial charge in [0.05, 0.1) is 3.92 Å². The Labute approximate surface area is 80.5 Å². The van der Waals surface area contributed by atoms with Gasteiger partial charge in [0.15, 0.2) is 0 Å². The third-order valence-electron chi connectivity index (χ3n) is 0.732. The topological polar surface area (TPSA) is 17.1 Å². The number of hydrogen-bond donors (Lipinski definition) is 0. The van der Waals surface area contributed by atoms with E-state index >= 15 is 0 Å². The number of rotatable bonds is 1. The van der Waals surface area contributed by atoms with Gasteiger partial charge in [0, 0.05) is 4.75 Å². The average Bonchev–Trinajstić information content (AvgIpc) is 1.60. The summed E-state index contributed by atoms with van der Waals surface area (Å²) in [4.78, 5) is 11.1. The van der Waals surface area contributed by atoms with Gasteiger partial charge in [-0.15, -0.1) is 0 Å². The highest BCUT2D eigenvalue weighted by Gasteiger charge is 2.19. The van der Waals surface area contributed by atoms with Crippen molar-refractivity contribution in [3.63, 3.8) is 0 Å². The molecule has 0 aliphatic rings. The summed E-state index contributed by atoms with van der Waals surface area (Å²) in [6.07, 6.45) is 0. The largest absolute Gasteiger partial charge is 0.286 e. The third-order valence-corrected chi connectivity index (χ3v) is 2.89. The van der Waals surface area contributed by atoms with Crippen molar-refractivity contribution in [2.45, 2.75) is 36.4 Å². The van der Waals surface area contributed by atoms with Crippen LogP contribution in [0.5, 0.6) is 0 Å². The Balaban J connectivity index is 3.81. The highest BCUT2D eigenvalue weighted by atomic mass is 127. The molecule has 3 heteroatoms. The summed E-state index contributed by atoms with van der Waals surface area (Å²) in [6.45, 7) is 8.07. The highest BCUT2D eigenvalue weighted by molar-refractivity contribution is 14.1. The van der Waals surface area contributed by atoms with Gasteiger partial charge in [0.2, 0.25) is 5.12 Å². The van der Waals surface area contributed by atoms with Crippen LogP contribution in [0.4, 0.5) is 0 Å². The van der Waals surface area contributed by atoms with Crippen molar-refractivity contribution < 1.29 is 4.79 Å². The van der Waals surface area contributed by atoms with Crippen LogP contribution in [0.2, 0.25) is 0 Å². The van der Waals surface area contributed by atoms with Crippen LogP contribution in [0.15, 0.2) is 0 Å². The first-order valence-corrected chi connectivity index (χ1v) is 5.26. The number of halogens is 1. The molecule has 0 amide bonds. The number of carbonyl (C=O) groups excluding carboxylic acids is 1. The fraction of sp³-hybridized carbons (Fsp3) is 0.857. The molecule has 0 aromatic carbocycles. The van der Waals surface area contributed by atoms with Gasteiger partial charge in [0.25, 0.3) is 0 Å². The van der Waals surface area contributed by atoms with Crippen LogP contribution in [0.1, 0.15) is 27.7 Å². The molecule has 0 bridgehead atoms. The summed E-state index contributed by atoms with van der Waals surface area (Å²) in [6, 6.07) is 0. The third kappa shape index (κ3) is 5.53. The minimum absolute atomic E-state index is 0.0660. The molecular weight excluding hydrogens is 259 g/mol. The maximum atomic E-state index is 11.1. The summed E-state index contributed by atoms with van der Waals surface area (Å²) in [5.74, 6) is 0. The van der Waals surface area contributed by atoms with Crippen molar-refractivity contribution in [3.05, 3.63) is 0 Å². The van der Waals surface area contributed by atoms with E-state index in [2.05, 4.69) is 43.4 Å². The van der Waals surface area contributed by atoms with E-state index in [1.165, 1.54) is 11.8 Å². The molecule has 0 aliphatic carbocycles.